The molecule has 0 unspecified atom stereocenters. The van der Waals surface area contributed by atoms with Gasteiger partial charge in [0.25, 0.3) is 5.69 Å². The Labute approximate surface area is 109 Å². The predicted molar refractivity (Wildman–Crippen MR) is 68.2 cm³/mol. The van der Waals surface area contributed by atoms with E-state index in [1.807, 2.05) is 0 Å². The summed E-state index contributed by atoms with van der Waals surface area (Å²) >= 11 is 0. The summed E-state index contributed by atoms with van der Waals surface area (Å²) in [5, 5.41) is 22.4. The maximum atomic E-state index is 11.2. The predicted octanol–water partition coefficient (Wildman–Crippen LogP) is 1.72. The Kier molecular flexibility index (Phi) is 4.60. The molecule has 1 aromatic carbocycles. The van der Waals surface area contributed by atoms with Crippen molar-refractivity contribution in [1.82, 2.24) is 0 Å². The Hall–Kier alpha value is -2.88. The number of esters is 1. The zero-order valence-corrected chi connectivity index (χ0v) is 10.3. The molecule has 19 heavy (non-hydrogen) atoms. The topological polar surface area (TPSA) is 105 Å². The molecule has 0 atom stereocenters. The monoisotopic (exact) mass is 261 g/mol. The number of methoxy groups -OCH3 is 1. The number of nitro benzene ring substituents is 1. The van der Waals surface area contributed by atoms with Crippen LogP contribution in [0, 0.1) is 21.4 Å². The van der Waals surface area contributed by atoms with E-state index in [4.69, 9.17) is 5.26 Å². The number of nitrogens with one attached hydrogen (secondary N) is 1. The first-order valence-corrected chi connectivity index (χ1v) is 5.19. The van der Waals surface area contributed by atoms with Gasteiger partial charge in [0.2, 0.25) is 0 Å². The van der Waals surface area contributed by atoms with E-state index in [0.717, 1.165) is 7.11 Å². The lowest BCUT2D eigenvalue weighted by molar-refractivity contribution is -0.384. The fraction of sp³-hybridized carbons (Fsp3) is 0.167. The molecule has 0 bridgehead atoms. The SMILES string of the molecule is CNc1ccc(C=C(C#N)C(=O)OC)cc1[N+](=O)[O-]. The molecule has 0 radical (unpaired) electrons. The number of hydrogen-bond acceptors (Lipinski definition) is 6. The fourth-order valence-electron chi connectivity index (χ4n) is 1.41. The van der Waals surface area contributed by atoms with Crippen LogP contribution >= 0.6 is 0 Å². The third-order valence-electron chi connectivity index (χ3n) is 2.32. The summed E-state index contributed by atoms with van der Waals surface area (Å²) in [6.07, 6.45) is 1.23. The summed E-state index contributed by atoms with van der Waals surface area (Å²) in [4.78, 5) is 21.5. The average Bonchev–Trinajstić information content (AvgIpc) is 2.43. The highest BCUT2D eigenvalue weighted by atomic mass is 16.6. The Bertz CT molecular complexity index is 587. The molecule has 0 spiro atoms. The van der Waals surface area contributed by atoms with E-state index in [9.17, 15) is 14.9 Å². The second-order valence-electron chi connectivity index (χ2n) is 3.45. The molecule has 0 aromatic heterocycles. The van der Waals surface area contributed by atoms with Gasteiger partial charge < -0.3 is 10.1 Å². The Morgan fingerprint density at radius 3 is 2.74 bits per heavy atom. The fourth-order valence-corrected chi connectivity index (χ4v) is 1.41. The lowest BCUT2D eigenvalue weighted by Gasteiger charge is -2.03. The van der Waals surface area contributed by atoms with Gasteiger partial charge in [-0.1, -0.05) is 6.07 Å². The Morgan fingerprint density at radius 2 is 2.26 bits per heavy atom. The van der Waals surface area contributed by atoms with Crippen LogP contribution in [0.3, 0.4) is 0 Å². The van der Waals surface area contributed by atoms with Crippen molar-refractivity contribution in [1.29, 1.82) is 5.26 Å². The van der Waals surface area contributed by atoms with E-state index < -0.39 is 10.9 Å². The number of ether oxygens (including phenoxy) is 1. The van der Waals surface area contributed by atoms with Crippen LogP contribution in [0.25, 0.3) is 6.08 Å². The summed E-state index contributed by atoms with van der Waals surface area (Å²) in [6.45, 7) is 0. The summed E-state index contributed by atoms with van der Waals surface area (Å²) in [5.74, 6) is -0.789. The molecule has 1 rings (SSSR count). The number of benzene rings is 1. The van der Waals surface area contributed by atoms with Gasteiger partial charge in [0.15, 0.2) is 0 Å². The van der Waals surface area contributed by atoms with Gasteiger partial charge in [0.05, 0.1) is 12.0 Å². The van der Waals surface area contributed by atoms with E-state index in [1.54, 1.807) is 19.2 Å². The average molecular weight is 261 g/mol. The number of hydrogen-bond donors (Lipinski definition) is 1. The van der Waals surface area contributed by atoms with Crippen molar-refractivity contribution in [3.05, 3.63) is 39.4 Å². The third kappa shape index (κ3) is 3.29. The standard InChI is InChI=1S/C12H11N3O4/c1-14-10-4-3-8(6-11(10)15(17)18)5-9(7-13)12(16)19-2/h3-6,14H,1-2H3. The molecule has 0 saturated carbocycles. The smallest absolute Gasteiger partial charge is 0.348 e. The number of carbonyl (C=O) groups excluding carboxylic acids is 1. The number of anilines is 1. The molecule has 0 aliphatic carbocycles. The van der Waals surface area contributed by atoms with Crippen molar-refractivity contribution in [2.24, 2.45) is 0 Å². The molecule has 0 aliphatic rings. The summed E-state index contributed by atoms with van der Waals surface area (Å²) in [6, 6.07) is 6.00. The van der Waals surface area contributed by atoms with Gasteiger partial charge in [0.1, 0.15) is 17.3 Å². The highest BCUT2D eigenvalue weighted by Gasteiger charge is 2.14. The molecule has 1 N–H and O–H groups in total. The molecule has 1 aromatic rings. The van der Waals surface area contributed by atoms with E-state index in [-0.39, 0.29) is 11.3 Å². The second kappa shape index (κ2) is 6.16. The van der Waals surface area contributed by atoms with Crippen LogP contribution in [0.15, 0.2) is 23.8 Å². The highest BCUT2D eigenvalue weighted by molar-refractivity contribution is 5.98. The Balaban J connectivity index is 3.27. The molecule has 98 valence electrons. The van der Waals surface area contributed by atoms with Crippen LogP contribution in [0.2, 0.25) is 0 Å². The Morgan fingerprint density at radius 1 is 1.58 bits per heavy atom. The molecule has 7 heteroatoms. The van der Waals surface area contributed by atoms with Gasteiger partial charge in [-0.15, -0.1) is 0 Å². The van der Waals surface area contributed by atoms with Crippen LogP contribution in [0.4, 0.5) is 11.4 Å². The van der Waals surface area contributed by atoms with Crippen molar-refractivity contribution in [3.8, 4) is 6.07 Å². The van der Waals surface area contributed by atoms with Crippen LogP contribution in [-0.4, -0.2) is 25.1 Å². The van der Waals surface area contributed by atoms with Gasteiger partial charge in [-0.05, 0) is 17.7 Å². The van der Waals surface area contributed by atoms with E-state index in [1.165, 1.54) is 18.2 Å². The second-order valence-corrected chi connectivity index (χ2v) is 3.45. The minimum atomic E-state index is -0.789. The minimum absolute atomic E-state index is 0.140. The first-order valence-electron chi connectivity index (χ1n) is 5.19. The highest BCUT2D eigenvalue weighted by Crippen LogP contribution is 2.26. The van der Waals surface area contributed by atoms with Crippen molar-refractivity contribution in [2.75, 3.05) is 19.5 Å². The van der Waals surface area contributed by atoms with Crippen molar-refractivity contribution in [2.45, 2.75) is 0 Å². The third-order valence-corrected chi connectivity index (χ3v) is 2.32. The number of nitriles is 1. The molecule has 0 amide bonds. The lowest BCUT2D eigenvalue weighted by Crippen LogP contribution is -2.02. The summed E-state index contributed by atoms with van der Waals surface area (Å²) in [5.41, 5.74) is 0.346. The van der Waals surface area contributed by atoms with Crippen molar-refractivity contribution < 1.29 is 14.5 Å². The summed E-state index contributed by atoms with van der Waals surface area (Å²) in [7, 11) is 2.72. The largest absolute Gasteiger partial charge is 0.465 e. The quantitative estimate of drug-likeness (QED) is 0.291. The van der Waals surface area contributed by atoms with E-state index >= 15 is 0 Å². The number of nitrogens with zero attached hydrogens (tertiary/aromatic N) is 2. The lowest BCUT2D eigenvalue weighted by atomic mass is 10.1. The molecular formula is C12H11N3O4. The van der Waals surface area contributed by atoms with Gasteiger partial charge >= 0.3 is 5.97 Å². The van der Waals surface area contributed by atoms with E-state index in [2.05, 4.69) is 10.1 Å². The van der Waals surface area contributed by atoms with Crippen LogP contribution in [0.1, 0.15) is 5.56 Å². The number of carbonyl (C=O) groups is 1. The van der Waals surface area contributed by atoms with Gasteiger partial charge in [-0.3, -0.25) is 10.1 Å². The van der Waals surface area contributed by atoms with Crippen molar-refractivity contribution in [3.63, 3.8) is 0 Å². The number of rotatable bonds is 4. The van der Waals surface area contributed by atoms with Crippen LogP contribution in [-0.2, 0) is 9.53 Å². The van der Waals surface area contributed by atoms with Crippen LogP contribution < -0.4 is 5.32 Å². The maximum absolute atomic E-state index is 11.2. The van der Waals surface area contributed by atoms with Gasteiger partial charge in [0, 0.05) is 13.1 Å². The van der Waals surface area contributed by atoms with E-state index in [0.29, 0.717) is 11.3 Å². The molecule has 7 nitrogen and oxygen atoms in total. The molecule has 0 aliphatic heterocycles. The molecule has 0 saturated heterocycles. The molecular weight excluding hydrogens is 250 g/mol. The molecule has 0 fully saturated rings. The van der Waals surface area contributed by atoms with Gasteiger partial charge in [-0.25, -0.2) is 4.79 Å². The van der Waals surface area contributed by atoms with Gasteiger partial charge in [-0.2, -0.15) is 5.26 Å². The minimum Gasteiger partial charge on any atom is -0.465 e. The van der Waals surface area contributed by atoms with Crippen molar-refractivity contribution >= 4 is 23.4 Å². The van der Waals surface area contributed by atoms with Crippen LogP contribution in [0.5, 0.6) is 0 Å². The first kappa shape index (κ1) is 14.2. The zero-order valence-electron chi connectivity index (χ0n) is 10.3. The zero-order chi connectivity index (χ0) is 14.4. The number of nitro groups is 1. The molecule has 0 heterocycles. The normalized spacial score (nSPS) is 10.5. The maximum Gasteiger partial charge on any atom is 0.348 e. The first-order chi connectivity index (χ1) is 9.03. The summed E-state index contributed by atoms with van der Waals surface area (Å²) < 4.78 is 4.42.